The van der Waals surface area contributed by atoms with E-state index in [-0.39, 0.29) is 17.8 Å². The highest BCUT2D eigenvalue weighted by Gasteiger charge is 2.51. The minimum absolute atomic E-state index is 0.148. The van der Waals surface area contributed by atoms with Crippen LogP contribution in [0.3, 0.4) is 0 Å². The monoisotopic (exact) mass is 431 g/mol. The molecule has 2 saturated heterocycles. The predicted molar refractivity (Wildman–Crippen MR) is 117 cm³/mol. The van der Waals surface area contributed by atoms with Crippen LogP contribution in [0.2, 0.25) is 0 Å². The van der Waals surface area contributed by atoms with E-state index in [1.54, 1.807) is 34.3 Å². The normalized spacial score (nSPS) is 20.1. The number of carbonyl (C=O) groups excluding carboxylic acids is 2. The van der Waals surface area contributed by atoms with Crippen LogP contribution in [0.15, 0.2) is 73.1 Å². The second-order valence-corrected chi connectivity index (χ2v) is 8.34. The third-order valence-corrected chi connectivity index (χ3v) is 5.98. The van der Waals surface area contributed by atoms with Crippen molar-refractivity contribution >= 4 is 17.7 Å². The lowest BCUT2D eigenvalue weighted by Gasteiger charge is -2.22. The first-order chi connectivity index (χ1) is 15.5. The van der Waals surface area contributed by atoms with Crippen LogP contribution in [-0.4, -0.2) is 47.1 Å². The Bertz CT molecular complexity index is 1170. The van der Waals surface area contributed by atoms with E-state index in [1.807, 2.05) is 36.4 Å². The van der Waals surface area contributed by atoms with Crippen molar-refractivity contribution in [2.24, 2.45) is 0 Å². The van der Waals surface area contributed by atoms with E-state index in [0.29, 0.717) is 38.0 Å². The summed E-state index contributed by atoms with van der Waals surface area (Å²) in [6.07, 6.45) is 3.91. The van der Waals surface area contributed by atoms with Crippen molar-refractivity contribution in [2.75, 3.05) is 24.5 Å². The average Bonchev–Trinajstić information content (AvgIpc) is 3.36. The largest absolute Gasteiger partial charge is 0.439 e. The van der Waals surface area contributed by atoms with Crippen molar-refractivity contribution in [1.82, 2.24) is 9.88 Å². The number of likely N-dealkylation sites (tertiary alicyclic amines) is 1. The Labute approximate surface area is 185 Å². The number of aromatic nitrogens is 1. The van der Waals surface area contributed by atoms with E-state index in [0.717, 1.165) is 16.8 Å². The maximum absolute atomic E-state index is 13.5. The first-order valence-corrected chi connectivity index (χ1v) is 10.5. The smallest absolute Gasteiger partial charge is 0.415 e. The first kappa shape index (κ1) is 20.2. The topological polar surface area (TPSA) is 62.7 Å². The van der Waals surface area contributed by atoms with Crippen LogP contribution < -0.4 is 4.90 Å². The Balaban J connectivity index is 1.29. The van der Waals surface area contributed by atoms with Crippen molar-refractivity contribution < 1.29 is 18.7 Å². The van der Waals surface area contributed by atoms with Crippen molar-refractivity contribution in [3.63, 3.8) is 0 Å². The molecule has 5 rings (SSSR count). The summed E-state index contributed by atoms with van der Waals surface area (Å²) in [4.78, 5) is 33.2. The van der Waals surface area contributed by atoms with Crippen molar-refractivity contribution in [1.29, 1.82) is 0 Å². The van der Waals surface area contributed by atoms with Gasteiger partial charge in [0.15, 0.2) is 5.60 Å². The van der Waals surface area contributed by atoms with Crippen LogP contribution in [0.1, 0.15) is 27.9 Å². The Kier molecular flexibility index (Phi) is 5.09. The van der Waals surface area contributed by atoms with Crippen LogP contribution in [-0.2, 0) is 11.2 Å². The highest BCUT2D eigenvalue weighted by molar-refractivity contribution is 5.95. The number of amides is 2. The van der Waals surface area contributed by atoms with Crippen molar-refractivity contribution in [3.05, 3.63) is 95.6 Å². The highest BCUT2D eigenvalue weighted by atomic mass is 19.1. The number of hydrogen-bond acceptors (Lipinski definition) is 4. The number of para-hydroxylation sites is 1. The van der Waals surface area contributed by atoms with E-state index < -0.39 is 5.60 Å². The maximum atomic E-state index is 13.5. The predicted octanol–water partition coefficient (Wildman–Crippen LogP) is 4.05. The number of hydrogen-bond donors (Lipinski definition) is 0. The maximum Gasteiger partial charge on any atom is 0.415 e. The molecule has 2 aromatic carbocycles. The molecule has 1 aromatic heterocycles. The van der Waals surface area contributed by atoms with Gasteiger partial charge in [-0.05, 0) is 47.9 Å². The SMILES string of the molecule is O=C(c1cncc(Cc2cccc(F)c2)c1)N1CCC2(C1)CN(c1ccccc1)C(=O)O2. The van der Waals surface area contributed by atoms with Crippen LogP contribution in [0.25, 0.3) is 0 Å². The lowest BCUT2D eigenvalue weighted by Crippen LogP contribution is -2.39. The minimum atomic E-state index is -0.699. The standard InChI is InChI=1S/C25H22FN3O3/c26-21-6-4-5-18(13-21)11-19-12-20(15-27-14-19)23(30)28-10-9-25(16-28)17-29(24(31)32-25)22-7-2-1-3-8-22/h1-8,12-15H,9-11,16-17H2. The minimum Gasteiger partial charge on any atom is -0.439 e. The molecule has 0 radical (unpaired) electrons. The van der Waals surface area contributed by atoms with Gasteiger partial charge in [-0.3, -0.25) is 14.7 Å². The van der Waals surface area contributed by atoms with Crippen LogP contribution in [0.5, 0.6) is 0 Å². The van der Waals surface area contributed by atoms with Crippen molar-refractivity contribution in [2.45, 2.75) is 18.4 Å². The molecule has 7 heteroatoms. The Morgan fingerprint density at radius 2 is 1.88 bits per heavy atom. The molecular formula is C25H22FN3O3. The molecule has 2 fully saturated rings. The number of nitrogens with zero attached hydrogens (tertiary/aromatic N) is 3. The van der Waals surface area contributed by atoms with Gasteiger partial charge in [0.2, 0.25) is 0 Å². The zero-order valence-electron chi connectivity index (χ0n) is 17.4. The van der Waals surface area contributed by atoms with E-state index in [4.69, 9.17) is 4.74 Å². The molecule has 1 spiro atoms. The highest BCUT2D eigenvalue weighted by Crippen LogP contribution is 2.35. The molecule has 1 atom stereocenters. The molecule has 6 nitrogen and oxygen atoms in total. The molecule has 0 bridgehead atoms. The summed E-state index contributed by atoms with van der Waals surface area (Å²) in [6.45, 7) is 1.26. The molecule has 3 heterocycles. The Morgan fingerprint density at radius 3 is 2.69 bits per heavy atom. The summed E-state index contributed by atoms with van der Waals surface area (Å²) in [5.74, 6) is -0.439. The summed E-state index contributed by atoms with van der Waals surface area (Å²) in [5, 5.41) is 0. The zero-order chi connectivity index (χ0) is 22.1. The van der Waals surface area contributed by atoms with E-state index in [2.05, 4.69) is 4.98 Å². The second kappa shape index (κ2) is 8.07. The van der Waals surface area contributed by atoms with Gasteiger partial charge in [0.1, 0.15) is 5.82 Å². The molecule has 1 unspecified atom stereocenters. The Hall–Kier alpha value is -3.74. The number of ether oxygens (including phenoxy) is 1. The van der Waals surface area contributed by atoms with Gasteiger partial charge in [-0.25, -0.2) is 9.18 Å². The van der Waals surface area contributed by atoms with Crippen LogP contribution >= 0.6 is 0 Å². The van der Waals surface area contributed by atoms with E-state index in [1.165, 1.54) is 12.1 Å². The molecule has 2 aliphatic heterocycles. The van der Waals surface area contributed by atoms with Gasteiger partial charge in [0.05, 0.1) is 18.7 Å². The number of rotatable bonds is 4. The molecular weight excluding hydrogens is 409 g/mol. The van der Waals surface area contributed by atoms with Gasteiger partial charge in [-0.15, -0.1) is 0 Å². The second-order valence-electron chi connectivity index (χ2n) is 8.34. The summed E-state index contributed by atoms with van der Waals surface area (Å²) < 4.78 is 19.2. The molecule has 0 saturated carbocycles. The van der Waals surface area contributed by atoms with Gasteiger partial charge in [-0.2, -0.15) is 0 Å². The van der Waals surface area contributed by atoms with Crippen molar-refractivity contribution in [3.8, 4) is 0 Å². The summed E-state index contributed by atoms with van der Waals surface area (Å²) in [5.41, 5.74) is 2.21. The summed E-state index contributed by atoms with van der Waals surface area (Å²) in [7, 11) is 0. The Morgan fingerprint density at radius 1 is 1.03 bits per heavy atom. The number of anilines is 1. The van der Waals surface area contributed by atoms with E-state index in [9.17, 15) is 14.0 Å². The lowest BCUT2D eigenvalue weighted by molar-refractivity contribution is 0.0553. The summed E-state index contributed by atoms with van der Waals surface area (Å²) >= 11 is 0. The number of benzene rings is 2. The summed E-state index contributed by atoms with van der Waals surface area (Å²) in [6, 6.07) is 17.6. The van der Waals surface area contributed by atoms with Gasteiger partial charge in [-0.1, -0.05) is 30.3 Å². The molecule has 3 aromatic rings. The zero-order valence-corrected chi connectivity index (χ0v) is 17.4. The first-order valence-electron chi connectivity index (χ1n) is 10.5. The fourth-order valence-electron chi connectivity index (χ4n) is 4.43. The third-order valence-electron chi connectivity index (χ3n) is 5.98. The molecule has 0 aliphatic carbocycles. The lowest BCUT2D eigenvalue weighted by atomic mass is 10.0. The van der Waals surface area contributed by atoms with Gasteiger partial charge in [0.25, 0.3) is 5.91 Å². The van der Waals surface area contributed by atoms with Crippen LogP contribution in [0, 0.1) is 5.82 Å². The molecule has 2 amide bonds. The van der Waals surface area contributed by atoms with Gasteiger partial charge >= 0.3 is 6.09 Å². The molecule has 162 valence electrons. The molecule has 0 N–H and O–H groups in total. The van der Waals surface area contributed by atoms with Gasteiger partial charge in [0, 0.05) is 31.0 Å². The van der Waals surface area contributed by atoms with Gasteiger partial charge < -0.3 is 9.64 Å². The number of carbonyl (C=O) groups is 2. The third kappa shape index (κ3) is 3.93. The number of halogens is 1. The number of pyridine rings is 1. The fraction of sp³-hybridized carbons (Fsp3) is 0.240. The van der Waals surface area contributed by atoms with Crippen LogP contribution in [0.4, 0.5) is 14.9 Å². The fourth-order valence-corrected chi connectivity index (χ4v) is 4.43. The average molecular weight is 431 g/mol. The quantitative estimate of drug-likeness (QED) is 0.625. The molecule has 2 aliphatic rings. The molecule has 32 heavy (non-hydrogen) atoms. The van der Waals surface area contributed by atoms with E-state index >= 15 is 0 Å².